The summed E-state index contributed by atoms with van der Waals surface area (Å²) in [4.78, 5) is 2.50. The summed E-state index contributed by atoms with van der Waals surface area (Å²) < 4.78 is 6.32. The van der Waals surface area contributed by atoms with Crippen LogP contribution in [0.2, 0.25) is 0 Å². The lowest BCUT2D eigenvalue weighted by Crippen LogP contribution is -2.25. The normalized spacial score (nSPS) is 16.8. The van der Waals surface area contributed by atoms with Crippen LogP contribution in [0.15, 0.2) is 54.6 Å². The lowest BCUT2D eigenvalue weighted by Gasteiger charge is -2.22. The van der Waals surface area contributed by atoms with Crippen LogP contribution in [-0.2, 0) is 4.74 Å². The van der Waals surface area contributed by atoms with Crippen molar-refractivity contribution in [3.8, 4) is 0 Å². The van der Waals surface area contributed by atoms with Crippen molar-refractivity contribution >= 4 is 0 Å². The first kappa shape index (κ1) is 15.3. The van der Waals surface area contributed by atoms with Crippen molar-refractivity contribution in [3.63, 3.8) is 0 Å². The molecular weight excluding hydrogens is 270 g/mol. The molecular formula is C20H25NO. The smallest absolute Gasteiger partial charge is 0.108 e. The molecule has 0 aromatic heterocycles. The third-order valence-corrected chi connectivity index (χ3v) is 4.46. The fraction of sp³-hybridized carbons (Fsp3) is 0.400. The first-order valence-corrected chi connectivity index (χ1v) is 8.29. The lowest BCUT2D eigenvalue weighted by molar-refractivity contribution is 0.0641. The number of likely N-dealkylation sites (tertiary alicyclic amines) is 1. The monoisotopic (exact) mass is 295 g/mol. The second-order valence-electron chi connectivity index (χ2n) is 6.07. The van der Waals surface area contributed by atoms with E-state index in [0.717, 1.165) is 13.2 Å². The Morgan fingerprint density at radius 3 is 2.36 bits per heavy atom. The van der Waals surface area contributed by atoms with Gasteiger partial charge in [-0.05, 0) is 49.5 Å². The maximum Gasteiger partial charge on any atom is 0.108 e. The summed E-state index contributed by atoms with van der Waals surface area (Å²) in [5.41, 5.74) is 3.80. The minimum atomic E-state index is 0.0324. The first-order valence-electron chi connectivity index (χ1n) is 8.29. The molecule has 2 heteroatoms. The highest BCUT2D eigenvalue weighted by Crippen LogP contribution is 2.28. The topological polar surface area (TPSA) is 12.5 Å². The summed E-state index contributed by atoms with van der Waals surface area (Å²) in [6, 6.07) is 19.1. The minimum absolute atomic E-state index is 0.0324. The van der Waals surface area contributed by atoms with Crippen LogP contribution in [0.4, 0.5) is 0 Å². The zero-order valence-corrected chi connectivity index (χ0v) is 13.4. The number of aryl methyl sites for hydroxylation is 1. The third-order valence-electron chi connectivity index (χ3n) is 4.46. The van der Waals surface area contributed by atoms with Crippen LogP contribution in [0, 0.1) is 6.92 Å². The van der Waals surface area contributed by atoms with Gasteiger partial charge < -0.3 is 9.64 Å². The molecule has 2 aromatic carbocycles. The largest absolute Gasteiger partial charge is 0.367 e. The molecule has 22 heavy (non-hydrogen) atoms. The average molecular weight is 295 g/mol. The summed E-state index contributed by atoms with van der Waals surface area (Å²) >= 11 is 0. The number of hydrogen-bond acceptors (Lipinski definition) is 2. The Labute approximate surface area is 133 Å². The van der Waals surface area contributed by atoms with Crippen molar-refractivity contribution in [2.24, 2.45) is 0 Å². The van der Waals surface area contributed by atoms with Crippen LogP contribution in [0.5, 0.6) is 0 Å². The molecule has 1 atom stereocenters. The standard InChI is InChI=1S/C20H25NO/c1-17-9-5-6-12-19(17)20(18-10-3-2-4-11-18)22-16-15-21-13-7-8-14-21/h2-6,9-12,20H,7-8,13-16H2,1H3. The summed E-state index contributed by atoms with van der Waals surface area (Å²) in [5, 5.41) is 0. The van der Waals surface area contributed by atoms with Crippen LogP contribution in [0.1, 0.15) is 35.6 Å². The molecule has 3 rings (SSSR count). The Morgan fingerprint density at radius 1 is 0.955 bits per heavy atom. The molecule has 2 nitrogen and oxygen atoms in total. The van der Waals surface area contributed by atoms with Crippen LogP contribution < -0.4 is 0 Å². The third kappa shape index (κ3) is 3.76. The minimum Gasteiger partial charge on any atom is -0.367 e. The number of nitrogens with zero attached hydrogens (tertiary/aromatic N) is 1. The molecule has 1 unspecified atom stereocenters. The van der Waals surface area contributed by atoms with Crippen molar-refractivity contribution in [2.75, 3.05) is 26.2 Å². The van der Waals surface area contributed by atoms with Crippen molar-refractivity contribution in [3.05, 3.63) is 71.3 Å². The molecule has 0 radical (unpaired) electrons. The quantitative estimate of drug-likeness (QED) is 0.792. The van der Waals surface area contributed by atoms with Gasteiger partial charge in [0.05, 0.1) is 6.61 Å². The van der Waals surface area contributed by atoms with E-state index in [4.69, 9.17) is 4.74 Å². The Kier molecular flexibility index (Phi) is 5.25. The van der Waals surface area contributed by atoms with E-state index in [1.807, 2.05) is 0 Å². The molecule has 2 aromatic rings. The molecule has 0 bridgehead atoms. The fourth-order valence-corrected chi connectivity index (χ4v) is 3.18. The first-order chi connectivity index (χ1) is 10.8. The van der Waals surface area contributed by atoms with E-state index in [1.165, 1.54) is 42.6 Å². The van der Waals surface area contributed by atoms with E-state index in [2.05, 4.69) is 66.4 Å². The van der Waals surface area contributed by atoms with Gasteiger partial charge in [0.1, 0.15) is 6.10 Å². The van der Waals surface area contributed by atoms with E-state index >= 15 is 0 Å². The molecule has 0 N–H and O–H groups in total. The Balaban J connectivity index is 1.73. The number of ether oxygens (including phenoxy) is 1. The van der Waals surface area contributed by atoms with Crippen molar-refractivity contribution in [1.82, 2.24) is 4.90 Å². The highest BCUT2D eigenvalue weighted by Gasteiger charge is 2.17. The zero-order chi connectivity index (χ0) is 15.2. The second-order valence-corrected chi connectivity index (χ2v) is 6.07. The van der Waals surface area contributed by atoms with Gasteiger partial charge in [0.2, 0.25) is 0 Å². The van der Waals surface area contributed by atoms with E-state index in [0.29, 0.717) is 0 Å². The molecule has 1 saturated heterocycles. The zero-order valence-electron chi connectivity index (χ0n) is 13.4. The molecule has 1 heterocycles. The predicted octanol–water partition coefficient (Wildman–Crippen LogP) is 4.20. The van der Waals surface area contributed by atoms with Gasteiger partial charge in [0.15, 0.2) is 0 Å². The van der Waals surface area contributed by atoms with Crippen molar-refractivity contribution in [2.45, 2.75) is 25.9 Å². The highest BCUT2D eigenvalue weighted by atomic mass is 16.5. The van der Waals surface area contributed by atoms with E-state index < -0.39 is 0 Å². The maximum absolute atomic E-state index is 6.32. The molecule has 0 aliphatic carbocycles. The van der Waals surface area contributed by atoms with Crippen molar-refractivity contribution < 1.29 is 4.74 Å². The Morgan fingerprint density at radius 2 is 1.64 bits per heavy atom. The van der Waals surface area contributed by atoms with Gasteiger partial charge >= 0.3 is 0 Å². The van der Waals surface area contributed by atoms with E-state index in [9.17, 15) is 0 Å². The van der Waals surface area contributed by atoms with E-state index in [1.54, 1.807) is 0 Å². The van der Waals surface area contributed by atoms with Crippen LogP contribution >= 0.6 is 0 Å². The van der Waals surface area contributed by atoms with Gasteiger partial charge in [-0.1, -0.05) is 54.6 Å². The van der Waals surface area contributed by atoms with Crippen LogP contribution in [0.3, 0.4) is 0 Å². The summed E-state index contributed by atoms with van der Waals surface area (Å²) in [5.74, 6) is 0. The molecule has 0 saturated carbocycles. The Hall–Kier alpha value is -1.64. The molecule has 1 aliphatic heterocycles. The van der Waals surface area contributed by atoms with Gasteiger partial charge in [-0.2, -0.15) is 0 Å². The highest BCUT2D eigenvalue weighted by molar-refractivity contribution is 5.35. The Bertz CT molecular complexity index is 575. The summed E-state index contributed by atoms with van der Waals surface area (Å²) in [6.07, 6.45) is 2.70. The second kappa shape index (κ2) is 7.57. The average Bonchev–Trinajstić information content (AvgIpc) is 3.07. The van der Waals surface area contributed by atoms with Gasteiger partial charge in [-0.3, -0.25) is 0 Å². The maximum atomic E-state index is 6.32. The fourth-order valence-electron chi connectivity index (χ4n) is 3.18. The molecule has 1 aliphatic rings. The van der Waals surface area contributed by atoms with Crippen LogP contribution in [-0.4, -0.2) is 31.1 Å². The predicted molar refractivity (Wildman–Crippen MR) is 91.1 cm³/mol. The van der Waals surface area contributed by atoms with Gasteiger partial charge in [0.25, 0.3) is 0 Å². The van der Waals surface area contributed by atoms with Gasteiger partial charge in [-0.15, -0.1) is 0 Å². The van der Waals surface area contributed by atoms with Gasteiger partial charge in [0, 0.05) is 6.54 Å². The number of benzene rings is 2. The van der Waals surface area contributed by atoms with E-state index in [-0.39, 0.29) is 6.10 Å². The summed E-state index contributed by atoms with van der Waals surface area (Å²) in [7, 11) is 0. The molecule has 0 spiro atoms. The molecule has 0 amide bonds. The van der Waals surface area contributed by atoms with Gasteiger partial charge in [-0.25, -0.2) is 0 Å². The van der Waals surface area contributed by atoms with Crippen molar-refractivity contribution in [1.29, 1.82) is 0 Å². The lowest BCUT2D eigenvalue weighted by atomic mass is 9.97. The summed E-state index contributed by atoms with van der Waals surface area (Å²) in [6.45, 7) is 6.44. The number of hydrogen-bond donors (Lipinski definition) is 0. The molecule has 116 valence electrons. The molecule has 1 fully saturated rings. The number of rotatable bonds is 6. The SMILES string of the molecule is Cc1ccccc1C(OCCN1CCCC1)c1ccccc1. The van der Waals surface area contributed by atoms with Crippen LogP contribution in [0.25, 0.3) is 0 Å².